The molecule has 0 spiro atoms. The maximum atomic E-state index is 12.7. The summed E-state index contributed by atoms with van der Waals surface area (Å²) in [4.78, 5) is 38.9. The molecule has 0 radical (unpaired) electrons. The molecule has 0 aromatic heterocycles. The summed E-state index contributed by atoms with van der Waals surface area (Å²) in [7, 11) is 0. The summed E-state index contributed by atoms with van der Waals surface area (Å²) >= 11 is 0. The van der Waals surface area contributed by atoms with Gasteiger partial charge in [-0.1, -0.05) is 48.5 Å². The average Bonchev–Trinajstić information content (AvgIpc) is 3.43. The monoisotopic (exact) mass is 465 g/mol. The van der Waals surface area contributed by atoms with Gasteiger partial charge in [0, 0.05) is 18.5 Å². The van der Waals surface area contributed by atoms with E-state index in [4.69, 9.17) is 4.74 Å². The van der Waals surface area contributed by atoms with Crippen molar-refractivity contribution >= 4 is 18.0 Å². The van der Waals surface area contributed by atoms with Crippen LogP contribution in [-0.4, -0.2) is 66.3 Å². The van der Waals surface area contributed by atoms with E-state index in [1.807, 2.05) is 55.5 Å². The maximum absolute atomic E-state index is 12.7. The number of alkyl carbamates (subject to hydrolysis) is 1. The number of carbonyl (C=O) groups is 3. The minimum atomic E-state index is -1.21. The molecule has 2 atom stereocenters. The predicted molar refractivity (Wildman–Crippen MR) is 128 cm³/mol. The molecule has 1 fully saturated rings. The number of nitrogens with one attached hydrogen (secondary N) is 2. The highest BCUT2D eigenvalue weighted by Crippen LogP contribution is 2.44. The van der Waals surface area contributed by atoms with Crippen LogP contribution in [0.4, 0.5) is 4.79 Å². The summed E-state index contributed by atoms with van der Waals surface area (Å²) in [5, 5.41) is 14.5. The lowest BCUT2D eigenvalue weighted by Crippen LogP contribution is -2.52. The second-order valence-corrected chi connectivity index (χ2v) is 9.04. The van der Waals surface area contributed by atoms with Crippen molar-refractivity contribution in [1.29, 1.82) is 0 Å². The van der Waals surface area contributed by atoms with Crippen LogP contribution in [0.2, 0.25) is 0 Å². The molecule has 3 N–H and O–H groups in total. The summed E-state index contributed by atoms with van der Waals surface area (Å²) < 4.78 is 5.48. The minimum Gasteiger partial charge on any atom is -0.481 e. The molecule has 1 aliphatic carbocycles. The van der Waals surface area contributed by atoms with Gasteiger partial charge in [0.05, 0.1) is 6.42 Å². The zero-order valence-corrected chi connectivity index (χ0v) is 19.3. The smallest absolute Gasteiger partial charge is 0.407 e. The highest BCUT2D eigenvalue weighted by atomic mass is 16.5. The molecule has 2 amide bonds. The Bertz CT molecular complexity index is 1000. The van der Waals surface area contributed by atoms with E-state index >= 15 is 0 Å². The summed E-state index contributed by atoms with van der Waals surface area (Å²) in [6, 6.07) is 14.6. The first kappa shape index (κ1) is 23.8. The van der Waals surface area contributed by atoms with Crippen LogP contribution in [0.25, 0.3) is 11.1 Å². The number of nitrogens with zero attached hydrogens (tertiary/aromatic N) is 1. The van der Waals surface area contributed by atoms with Crippen LogP contribution in [0, 0.1) is 0 Å². The van der Waals surface area contributed by atoms with E-state index in [2.05, 4.69) is 15.5 Å². The number of hydrogen-bond donors (Lipinski definition) is 3. The van der Waals surface area contributed by atoms with Gasteiger partial charge in [-0.2, -0.15) is 0 Å². The molecule has 2 aromatic rings. The van der Waals surface area contributed by atoms with Crippen LogP contribution >= 0.6 is 0 Å². The third-order valence-corrected chi connectivity index (χ3v) is 6.45. The van der Waals surface area contributed by atoms with Crippen LogP contribution in [-0.2, 0) is 14.3 Å². The molecular formula is C26H31N3O5. The van der Waals surface area contributed by atoms with E-state index in [1.54, 1.807) is 0 Å². The lowest BCUT2D eigenvalue weighted by atomic mass is 9.98. The van der Waals surface area contributed by atoms with Crippen LogP contribution in [0.5, 0.6) is 0 Å². The number of carboxylic acids is 1. The molecule has 2 unspecified atom stereocenters. The third-order valence-electron chi connectivity index (χ3n) is 6.45. The van der Waals surface area contributed by atoms with E-state index in [-0.39, 0.29) is 18.6 Å². The molecule has 180 valence electrons. The lowest BCUT2D eigenvalue weighted by molar-refractivity contribution is -0.140. The number of likely N-dealkylation sites (tertiary alicyclic amines) is 1. The molecule has 1 heterocycles. The Morgan fingerprint density at radius 1 is 1.00 bits per heavy atom. The maximum Gasteiger partial charge on any atom is 0.407 e. The quantitative estimate of drug-likeness (QED) is 0.526. The van der Waals surface area contributed by atoms with Gasteiger partial charge >= 0.3 is 12.1 Å². The van der Waals surface area contributed by atoms with Gasteiger partial charge in [-0.15, -0.1) is 0 Å². The number of benzene rings is 2. The summed E-state index contributed by atoms with van der Waals surface area (Å²) in [5.74, 6) is -1.82. The first-order valence-corrected chi connectivity index (χ1v) is 11.8. The van der Waals surface area contributed by atoms with Crippen LogP contribution in [0.1, 0.15) is 43.2 Å². The first-order valence-electron chi connectivity index (χ1n) is 11.8. The van der Waals surface area contributed by atoms with Gasteiger partial charge < -0.3 is 25.4 Å². The molecule has 1 saturated heterocycles. The Kier molecular flexibility index (Phi) is 7.47. The highest BCUT2D eigenvalue weighted by Gasteiger charge is 2.30. The van der Waals surface area contributed by atoms with Gasteiger partial charge in [-0.05, 0) is 55.1 Å². The summed E-state index contributed by atoms with van der Waals surface area (Å²) in [5.41, 5.74) is 4.38. The summed E-state index contributed by atoms with van der Waals surface area (Å²) in [6.45, 7) is 4.65. The Morgan fingerprint density at radius 2 is 1.59 bits per heavy atom. The number of aliphatic carboxylic acids is 1. The first-order chi connectivity index (χ1) is 16.4. The molecule has 0 bridgehead atoms. The Hall–Kier alpha value is -3.39. The molecule has 2 aromatic carbocycles. The molecule has 0 saturated carbocycles. The zero-order chi connectivity index (χ0) is 24.1. The van der Waals surface area contributed by atoms with Crippen molar-refractivity contribution in [3.8, 4) is 11.1 Å². The molecule has 8 nitrogen and oxygen atoms in total. The predicted octanol–water partition coefficient (Wildman–Crippen LogP) is 2.97. The Morgan fingerprint density at radius 3 is 2.18 bits per heavy atom. The molecule has 4 rings (SSSR count). The zero-order valence-electron chi connectivity index (χ0n) is 19.3. The highest BCUT2D eigenvalue weighted by molar-refractivity contribution is 5.89. The summed E-state index contributed by atoms with van der Waals surface area (Å²) in [6.07, 6.45) is 0.958. The SMILES string of the molecule is CC(CN1CCCC1)NC(=O)C(CC(=O)O)NC(=O)OCC1c2ccccc2-c2ccccc21. The average molecular weight is 466 g/mol. The van der Waals surface area contributed by atoms with Crippen molar-refractivity contribution in [2.24, 2.45) is 0 Å². The van der Waals surface area contributed by atoms with E-state index in [0.29, 0.717) is 6.54 Å². The Balaban J connectivity index is 1.36. The van der Waals surface area contributed by atoms with Gasteiger partial charge in [-0.25, -0.2) is 4.79 Å². The van der Waals surface area contributed by atoms with Crippen molar-refractivity contribution < 1.29 is 24.2 Å². The van der Waals surface area contributed by atoms with Gasteiger partial charge in [0.2, 0.25) is 5.91 Å². The van der Waals surface area contributed by atoms with Crippen molar-refractivity contribution in [3.63, 3.8) is 0 Å². The fourth-order valence-electron chi connectivity index (χ4n) is 4.91. The van der Waals surface area contributed by atoms with Crippen molar-refractivity contribution in [2.75, 3.05) is 26.2 Å². The lowest BCUT2D eigenvalue weighted by Gasteiger charge is -2.24. The number of ether oxygens (including phenoxy) is 1. The number of rotatable bonds is 9. The number of amides is 2. The van der Waals surface area contributed by atoms with E-state index < -0.39 is 30.4 Å². The number of hydrogen-bond acceptors (Lipinski definition) is 5. The molecule has 1 aliphatic heterocycles. The number of carbonyl (C=O) groups excluding carboxylic acids is 2. The van der Waals surface area contributed by atoms with Crippen LogP contribution in [0.3, 0.4) is 0 Å². The normalized spacial score (nSPS) is 16.9. The van der Waals surface area contributed by atoms with Gasteiger partial charge in [0.15, 0.2) is 0 Å². The Labute approximate surface area is 199 Å². The van der Waals surface area contributed by atoms with E-state index in [0.717, 1.165) is 48.2 Å². The second-order valence-electron chi connectivity index (χ2n) is 9.04. The van der Waals surface area contributed by atoms with Crippen LogP contribution < -0.4 is 10.6 Å². The van der Waals surface area contributed by atoms with Gasteiger partial charge in [0.1, 0.15) is 12.6 Å². The number of fused-ring (bicyclic) bond motifs is 3. The fourth-order valence-corrected chi connectivity index (χ4v) is 4.91. The van der Waals surface area contributed by atoms with E-state index in [1.165, 1.54) is 0 Å². The van der Waals surface area contributed by atoms with E-state index in [9.17, 15) is 19.5 Å². The standard InChI is InChI=1S/C26H31N3O5/c1-17(15-29-12-6-7-13-29)27-25(32)23(14-24(30)31)28-26(33)34-16-22-20-10-4-2-8-18(20)19-9-3-5-11-21(19)22/h2-5,8-11,17,22-23H,6-7,12-16H2,1H3,(H,27,32)(H,28,33)(H,30,31). The minimum absolute atomic E-state index is 0.0899. The largest absolute Gasteiger partial charge is 0.481 e. The molecule has 2 aliphatic rings. The molecule has 34 heavy (non-hydrogen) atoms. The van der Waals surface area contributed by atoms with Gasteiger partial charge in [-0.3, -0.25) is 9.59 Å². The molecule has 8 heteroatoms. The third kappa shape index (κ3) is 5.56. The van der Waals surface area contributed by atoms with Gasteiger partial charge in [0.25, 0.3) is 0 Å². The topological polar surface area (TPSA) is 108 Å². The number of carboxylic acid groups (broad SMARTS) is 1. The van der Waals surface area contributed by atoms with Crippen molar-refractivity contribution in [3.05, 3.63) is 59.7 Å². The molecular weight excluding hydrogens is 434 g/mol. The second kappa shape index (κ2) is 10.7. The van der Waals surface area contributed by atoms with Crippen molar-refractivity contribution in [1.82, 2.24) is 15.5 Å². The van der Waals surface area contributed by atoms with Crippen LogP contribution in [0.15, 0.2) is 48.5 Å². The fraction of sp³-hybridized carbons (Fsp3) is 0.423. The van der Waals surface area contributed by atoms with Crippen molar-refractivity contribution in [2.45, 2.75) is 44.2 Å².